The van der Waals surface area contributed by atoms with Crippen LogP contribution in [0, 0.1) is 13.8 Å². The first-order chi connectivity index (χ1) is 14.2. The number of fused-ring (bicyclic) bond motifs is 1. The summed E-state index contributed by atoms with van der Waals surface area (Å²) in [4.78, 5) is 6.50. The Balaban J connectivity index is 1.42. The third-order valence-corrected chi connectivity index (χ3v) is 5.69. The summed E-state index contributed by atoms with van der Waals surface area (Å²) in [5.41, 5.74) is 3.14. The van der Waals surface area contributed by atoms with E-state index in [9.17, 15) is 0 Å². The standard InChI is InChI=1S/C22H18N4O2S/c1-14-7-6-10-17(11-14)27-13-20-23-21(25-28-20)19-12-18-15(2)24-26(22(18)29-19)16-8-4-3-5-9-16/h3-12H,13H2,1-2H3. The highest BCUT2D eigenvalue weighted by Crippen LogP contribution is 2.35. The van der Waals surface area contributed by atoms with Gasteiger partial charge in [0.25, 0.3) is 5.89 Å². The van der Waals surface area contributed by atoms with Crippen molar-refractivity contribution in [1.82, 2.24) is 19.9 Å². The van der Waals surface area contributed by atoms with Crippen molar-refractivity contribution in [3.8, 4) is 22.1 Å². The Morgan fingerprint density at radius 1 is 1.03 bits per heavy atom. The van der Waals surface area contributed by atoms with Crippen LogP contribution in [0.5, 0.6) is 5.75 Å². The number of nitrogens with zero attached hydrogens (tertiary/aromatic N) is 4. The smallest absolute Gasteiger partial charge is 0.264 e. The van der Waals surface area contributed by atoms with Crippen LogP contribution in [0.15, 0.2) is 65.2 Å². The first kappa shape index (κ1) is 17.6. The van der Waals surface area contributed by atoms with E-state index in [4.69, 9.17) is 9.26 Å². The predicted octanol–water partition coefficient (Wildman–Crippen LogP) is 5.33. The van der Waals surface area contributed by atoms with Gasteiger partial charge in [-0.3, -0.25) is 0 Å². The Hall–Kier alpha value is -3.45. The maximum atomic E-state index is 5.76. The molecule has 0 fully saturated rings. The zero-order valence-electron chi connectivity index (χ0n) is 16.0. The number of para-hydroxylation sites is 1. The average Bonchev–Trinajstić information content (AvgIpc) is 3.44. The van der Waals surface area contributed by atoms with Crippen molar-refractivity contribution in [2.75, 3.05) is 0 Å². The van der Waals surface area contributed by atoms with Crippen molar-refractivity contribution in [3.05, 3.63) is 77.8 Å². The van der Waals surface area contributed by atoms with E-state index in [-0.39, 0.29) is 6.61 Å². The second-order valence-corrected chi connectivity index (χ2v) is 7.81. The van der Waals surface area contributed by atoms with Crippen LogP contribution in [0.3, 0.4) is 0 Å². The van der Waals surface area contributed by atoms with E-state index < -0.39 is 0 Å². The molecule has 0 bridgehead atoms. The lowest BCUT2D eigenvalue weighted by Gasteiger charge is -2.03. The van der Waals surface area contributed by atoms with E-state index in [2.05, 4.69) is 21.3 Å². The minimum atomic E-state index is 0.234. The summed E-state index contributed by atoms with van der Waals surface area (Å²) in [6, 6.07) is 20.0. The van der Waals surface area contributed by atoms with Crippen LogP contribution < -0.4 is 4.74 Å². The second-order valence-electron chi connectivity index (χ2n) is 6.78. The van der Waals surface area contributed by atoms with Gasteiger partial charge in [0, 0.05) is 5.39 Å². The fourth-order valence-electron chi connectivity index (χ4n) is 3.17. The fourth-order valence-corrected chi connectivity index (χ4v) is 4.27. The molecule has 0 N–H and O–H groups in total. The highest BCUT2D eigenvalue weighted by molar-refractivity contribution is 7.21. The molecule has 0 saturated heterocycles. The lowest BCUT2D eigenvalue weighted by molar-refractivity contribution is 0.243. The number of rotatable bonds is 5. The SMILES string of the molecule is Cc1cccc(OCc2nc(-c3cc4c(C)nn(-c5ccccc5)c4s3)no2)c1. The van der Waals surface area contributed by atoms with Gasteiger partial charge in [0.1, 0.15) is 10.6 Å². The number of ether oxygens (including phenoxy) is 1. The zero-order valence-corrected chi connectivity index (χ0v) is 16.8. The molecule has 3 heterocycles. The zero-order chi connectivity index (χ0) is 19.8. The van der Waals surface area contributed by atoms with Gasteiger partial charge in [-0.05, 0) is 49.7 Å². The van der Waals surface area contributed by atoms with Crippen LogP contribution >= 0.6 is 11.3 Å². The summed E-state index contributed by atoms with van der Waals surface area (Å²) in [6.45, 7) is 4.27. The minimum absolute atomic E-state index is 0.234. The van der Waals surface area contributed by atoms with Crippen molar-refractivity contribution < 1.29 is 9.26 Å². The molecule has 0 aliphatic carbocycles. The van der Waals surface area contributed by atoms with Crippen molar-refractivity contribution in [1.29, 1.82) is 0 Å². The van der Waals surface area contributed by atoms with Gasteiger partial charge in [0.2, 0.25) is 5.82 Å². The Kier molecular flexibility index (Phi) is 4.37. The minimum Gasteiger partial charge on any atom is -0.484 e. The number of aromatic nitrogens is 4. The summed E-state index contributed by atoms with van der Waals surface area (Å²) in [7, 11) is 0. The lowest BCUT2D eigenvalue weighted by Crippen LogP contribution is -1.95. The monoisotopic (exact) mass is 402 g/mol. The molecule has 0 spiro atoms. The van der Waals surface area contributed by atoms with Gasteiger partial charge < -0.3 is 9.26 Å². The number of benzene rings is 2. The Morgan fingerprint density at radius 3 is 2.72 bits per heavy atom. The number of thiophene rings is 1. The normalized spacial score (nSPS) is 11.2. The fraction of sp³-hybridized carbons (Fsp3) is 0.136. The van der Waals surface area contributed by atoms with E-state index in [1.165, 1.54) is 0 Å². The molecule has 0 saturated carbocycles. The molecule has 29 heavy (non-hydrogen) atoms. The molecule has 0 amide bonds. The number of hydrogen-bond acceptors (Lipinski definition) is 6. The van der Waals surface area contributed by atoms with Crippen LogP contribution in [0.1, 0.15) is 17.1 Å². The molecule has 0 atom stereocenters. The second kappa shape index (κ2) is 7.18. The highest BCUT2D eigenvalue weighted by atomic mass is 32.1. The van der Waals surface area contributed by atoms with Gasteiger partial charge in [-0.15, -0.1) is 11.3 Å². The summed E-state index contributed by atoms with van der Waals surface area (Å²) in [5.74, 6) is 1.79. The van der Waals surface area contributed by atoms with Crippen molar-refractivity contribution in [2.45, 2.75) is 20.5 Å². The molecule has 0 aliphatic rings. The molecule has 0 unspecified atom stereocenters. The first-order valence-electron chi connectivity index (χ1n) is 9.24. The van der Waals surface area contributed by atoms with Gasteiger partial charge in [0.05, 0.1) is 16.3 Å². The van der Waals surface area contributed by atoms with Crippen LogP contribution in [0.25, 0.3) is 26.6 Å². The Labute approximate surface area is 171 Å². The van der Waals surface area contributed by atoms with E-state index in [0.29, 0.717) is 11.7 Å². The van der Waals surface area contributed by atoms with Gasteiger partial charge >= 0.3 is 0 Å². The summed E-state index contributed by atoms with van der Waals surface area (Å²) < 4.78 is 13.1. The average molecular weight is 402 g/mol. The topological polar surface area (TPSA) is 66.0 Å². The third-order valence-electron chi connectivity index (χ3n) is 4.59. The first-order valence-corrected chi connectivity index (χ1v) is 10.1. The number of hydrogen-bond donors (Lipinski definition) is 0. The van der Waals surface area contributed by atoms with E-state index in [1.54, 1.807) is 11.3 Å². The van der Waals surface area contributed by atoms with E-state index in [1.807, 2.05) is 73.1 Å². The third kappa shape index (κ3) is 3.40. The molecule has 3 aromatic heterocycles. The molecule has 5 rings (SSSR count). The summed E-state index contributed by atoms with van der Waals surface area (Å²) in [5, 5.41) is 9.90. The largest absolute Gasteiger partial charge is 0.484 e. The van der Waals surface area contributed by atoms with Crippen LogP contribution in [-0.4, -0.2) is 19.9 Å². The quantitative estimate of drug-likeness (QED) is 0.397. The molecule has 5 aromatic rings. The molecule has 7 heteroatoms. The maximum Gasteiger partial charge on any atom is 0.264 e. The van der Waals surface area contributed by atoms with Crippen LogP contribution in [0.4, 0.5) is 0 Å². The molecular weight excluding hydrogens is 384 g/mol. The summed E-state index contributed by atoms with van der Waals surface area (Å²) in [6.07, 6.45) is 0. The van der Waals surface area contributed by atoms with Gasteiger partial charge in [-0.2, -0.15) is 10.1 Å². The molecular formula is C22H18N4O2S. The molecule has 6 nitrogen and oxygen atoms in total. The van der Waals surface area contributed by atoms with Crippen molar-refractivity contribution in [3.63, 3.8) is 0 Å². The highest BCUT2D eigenvalue weighted by Gasteiger charge is 2.17. The van der Waals surface area contributed by atoms with E-state index >= 15 is 0 Å². The van der Waals surface area contributed by atoms with Crippen molar-refractivity contribution >= 4 is 21.6 Å². The van der Waals surface area contributed by atoms with Crippen LogP contribution in [-0.2, 0) is 6.61 Å². The molecule has 0 aliphatic heterocycles. The van der Waals surface area contributed by atoms with E-state index in [0.717, 1.165) is 37.8 Å². The summed E-state index contributed by atoms with van der Waals surface area (Å²) >= 11 is 1.60. The Morgan fingerprint density at radius 2 is 1.90 bits per heavy atom. The van der Waals surface area contributed by atoms with Gasteiger partial charge in [-0.25, -0.2) is 4.68 Å². The maximum absolute atomic E-state index is 5.76. The van der Waals surface area contributed by atoms with Crippen LogP contribution in [0.2, 0.25) is 0 Å². The predicted molar refractivity (Wildman–Crippen MR) is 112 cm³/mol. The molecule has 0 radical (unpaired) electrons. The van der Waals surface area contributed by atoms with Crippen molar-refractivity contribution in [2.24, 2.45) is 0 Å². The Bertz CT molecular complexity index is 1290. The number of aryl methyl sites for hydroxylation is 2. The van der Waals surface area contributed by atoms with Gasteiger partial charge in [0.15, 0.2) is 6.61 Å². The molecule has 2 aromatic carbocycles. The lowest BCUT2D eigenvalue weighted by atomic mass is 10.2. The van der Waals surface area contributed by atoms with Gasteiger partial charge in [-0.1, -0.05) is 35.5 Å². The molecule has 144 valence electrons.